The summed E-state index contributed by atoms with van der Waals surface area (Å²) in [5.74, 6) is -0.717. The van der Waals surface area contributed by atoms with Gasteiger partial charge in [0.1, 0.15) is 18.8 Å². The number of furan rings is 1. The number of hydrogen-bond acceptors (Lipinski definition) is 6. The number of hydrogen-bond donors (Lipinski definition) is 1. The Bertz CT molecular complexity index is 1590. The number of aliphatic hydroxyl groups excluding tert-OH is 1. The summed E-state index contributed by atoms with van der Waals surface area (Å²) in [5, 5.41) is 11.8. The quantitative estimate of drug-likeness (QED) is 0.288. The highest BCUT2D eigenvalue weighted by atomic mass is 79.9. The van der Waals surface area contributed by atoms with Crippen LogP contribution in [0.1, 0.15) is 34.6 Å². The van der Waals surface area contributed by atoms with E-state index < -0.39 is 23.5 Å². The highest BCUT2D eigenvalue weighted by molar-refractivity contribution is 9.10. The normalized spacial score (nSPS) is 17.1. The van der Waals surface area contributed by atoms with Gasteiger partial charge in [0.15, 0.2) is 23.0 Å². The summed E-state index contributed by atoms with van der Waals surface area (Å²) in [6, 6.07) is 19.0. The lowest BCUT2D eigenvalue weighted by atomic mass is 9.94. The van der Waals surface area contributed by atoms with Gasteiger partial charge in [0, 0.05) is 21.6 Å². The number of carbonyl (C=O) groups is 2. The largest absolute Gasteiger partial charge is 0.503 e. The van der Waals surface area contributed by atoms with Gasteiger partial charge in [-0.1, -0.05) is 47.1 Å². The second-order valence-electron chi connectivity index (χ2n) is 8.88. The Kier molecular flexibility index (Phi) is 5.76. The Morgan fingerprint density at radius 3 is 2.51 bits per heavy atom. The van der Waals surface area contributed by atoms with Crippen molar-refractivity contribution in [3.05, 3.63) is 99.4 Å². The van der Waals surface area contributed by atoms with E-state index in [2.05, 4.69) is 22.9 Å². The molecule has 0 saturated heterocycles. The van der Waals surface area contributed by atoms with Gasteiger partial charge in [0.25, 0.3) is 5.91 Å². The van der Waals surface area contributed by atoms with Crippen LogP contribution in [0.25, 0.3) is 11.0 Å². The number of benzene rings is 3. The Morgan fingerprint density at radius 2 is 1.76 bits per heavy atom. The van der Waals surface area contributed by atoms with Crippen molar-refractivity contribution in [2.24, 2.45) is 0 Å². The topological polar surface area (TPSA) is 89.2 Å². The van der Waals surface area contributed by atoms with Crippen molar-refractivity contribution >= 4 is 44.3 Å². The molecule has 0 radical (unpaired) electrons. The minimum Gasteiger partial charge on any atom is -0.503 e. The van der Waals surface area contributed by atoms with Gasteiger partial charge in [-0.15, -0.1) is 0 Å². The molecule has 6 rings (SSSR count). The molecule has 7 nitrogen and oxygen atoms in total. The summed E-state index contributed by atoms with van der Waals surface area (Å²) in [6.07, 6.45) is 0.844. The third-order valence-corrected chi connectivity index (χ3v) is 7.16. The van der Waals surface area contributed by atoms with E-state index >= 15 is 0 Å². The first-order valence-corrected chi connectivity index (χ1v) is 12.7. The molecule has 8 heteroatoms. The third kappa shape index (κ3) is 3.97. The maximum atomic E-state index is 13.8. The number of nitrogens with zero attached hydrogens (tertiary/aromatic N) is 1. The van der Waals surface area contributed by atoms with Crippen LogP contribution in [0, 0.1) is 0 Å². The van der Waals surface area contributed by atoms with E-state index in [-0.39, 0.29) is 11.3 Å². The van der Waals surface area contributed by atoms with Crippen LogP contribution >= 0.6 is 15.9 Å². The molecule has 0 spiro atoms. The van der Waals surface area contributed by atoms with Gasteiger partial charge in [-0.2, -0.15) is 0 Å². The van der Waals surface area contributed by atoms with E-state index in [1.54, 1.807) is 30.3 Å². The zero-order chi connectivity index (χ0) is 25.7. The molecule has 0 fully saturated rings. The molecular weight excluding hydrogens is 538 g/mol. The van der Waals surface area contributed by atoms with Crippen LogP contribution in [-0.4, -0.2) is 30.0 Å². The van der Waals surface area contributed by atoms with Crippen molar-refractivity contribution in [2.45, 2.75) is 19.4 Å². The van der Waals surface area contributed by atoms with E-state index in [1.807, 2.05) is 36.4 Å². The van der Waals surface area contributed by atoms with E-state index in [0.717, 1.165) is 21.8 Å². The summed E-state index contributed by atoms with van der Waals surface area (Å²) < 4.78 is 18.0. The predicted molar refractivity (Wildman–Crippen MR) is 141 cm³/mol. The van der Waals surface area contributed by atoms with Crippen LogP contribution in [0.5, 0.6) is 11.5 Å². The lowest BCUT2D eigenvalue weighted by molar-refractivity contribution is -0.117. The molecule has 2 aliphatic heterocycles. The van der Waals surface area contributed by atoms with Crippen LogP contribution in [0.15, 0.2) is 87.0 Å². The SMILES string of the molecule is CCc1ccc(C2C(C(=O)c3cc4cc(Br)ccc4o3)=C(O)C(=O)N2c2ccc3c(c2)OCCO3)cc1. The average Bonchev–Trinajstić information content (AvgIpc) is 3.46. The molecule has 3 aromatic carbocycles. The number of amides is 1. The first-order chi connectivity index (χ1) is 17.9. The van der Waals surface area contributed by atoms with Crippen molar-refractivity contribution in [2.75, 3.05) is 18.1 Å². The fourth-order valence-corrected chi connectivity index (χ4v) is 5.17. The minimum absolute atomic E-state index is 0.0396. The van der Waals surface area contributed by atoms with Crippen LogP contribution < -0.4 is 14.4 Å². The average molecular weight is 560 g/mol. The number of aryl methyl sites for hydroxylation is 1. The van der Waals surface area contributed by atoms with Gasteiger partial charge in [-0.3, -0.25) is 14.5 Å². The standard InChI is InChI=1S/C29H22BrNO6/c1-2-16-3-5-17(6-4-16)26-25(27(32)24-14-18-13-19(30)7-9-21(18)37-24)28(33)29(34)31(26)20-8-10-22-23(15-20)36-12-11-35-22/h3-10,13-15,26,33H,2,11-12H2,1H3. The summed E-state index contributed by atoms with van der Waals surface area (Å²) in [7, 11) is 0. The van der Waals surface area contributed by atoms with E-state index in [1.165, 1.54) is 4.90 Å². The summed E-state index contributed by atoms with van der Waals surface area (Å²) in [5.41, 5.74) is 2.77. The second kappa shape index (κ2) is 9.12. The van der Waals surface area contributed by atoms with Crippen molar-refractivity contribution in [3.63, 3.8) is 0 Å². The Morgan fingerprint density at radius 1 is 1.00 bits per heavy atom. The third-order valence-electron chi connectivity index (χ3n) is 6.66. The molecule has 0 bridgehead atoms. The van der Waals surface area contributed by atoms with Crippen molar-refractivity contribution in [1.29, 1.82) is 0 Å². The molecule has 0 saturated carbocycles. The molecule has 186 valence electrons. The Balaban J connectivity index is 1.48. The van der Waals surface area contributed by atoms with E-state index in [4.69, 9.17) is 13.9 Å². The minimum atomic E-state index is -0.867. The van der Waals surface area contributed by atoms with Gasteiger partial charge < -0.3 is 19.0 Å². The molecule has 4 aromatic rings. The number of Topliss-reactive ketones (excluding diaryl/α,β-unsaturated/α-hetero) is 1. The fourth-order valence-electron chi connectivity index (χ4n) is 4.80. The number of ketones is 1. The number of carbonyl (C=O) groups excluding carboxylic acids is 2. The number of anilines is 1. The van der Waals surface area contributed by atoms with Crippen LogP contribution in [0.2, 0.25) is 0 Å². The molecule has 0 aliphatic carbocycles. The second-order valence-corrected chi connectivity index (χ2v) is 9.80. The van der Waals surface area contributed by atoms with Gasteiger partial charge in [0.2, 0.25) is 5.78 Å². The molecule has 1 amide bonds. The zero-order valence-corrected chi connectivity index (χ0v) is 21.4. The van der Waals surface area contributed by atoms with Crippen molar-refractivity contribution in [3.8, 4) is 11.5 Å². The summed E-state index contributed by atoms with van der Waals surface area (Å²) in [6.45, 7) is 2.88. The van der Waals surface area contributed by atoms with Crippen molar-refractivity contribution in [1.82, 2.24) is 0 Å². The fraction of sp³-hybridized carbons (Fsp3) is 0.172. The van der Waals surface area contributed by atoms with E-state index in [9.17, 15) is 14.7 Å². The summed E-state index contributed by atoms with van der Waals surface area (Å²) >= 11 is 3.43. The molecule has 2 aliphatic rings. The maximum absolute atomic E-state index is 13.8. The van der Waals surface area contributed by atoms with Crippen LogP contribution in [-0.2, 0) is 11.2 Å². The Hall–Kier alpha value is -4.04. The lowest BCUT2D eigenvalue weighted by Crippen LogP contribution is -2.31. The number of halogens is 1. The molecule has 1 aromatic heterocycles. The highest BCUT2D eigenvalue weighted by Crippen LogP contribution is 2.44. The smallest absolute Gasteiger partial charge is 0.294 e. The monoisotopic (exact) mass is 559 g/mol. The lowest BCUT2D eigenvalue weighted by Gasteiger charge is -2.28. The molecule has 1 unspecified atom stereocenters. The number of ether oxygens (including phenoxy) is 2. The maximum Gasteiger partial charge on any atom is 0.294 e. The van der Waals surface area contributed by atoms with Crippen LogP contribution in [0.3, 0.4) is 0 Å². The van der Waals surface area contributed by atoms with Gasteiger partial charge in [-0.05, 0) is 53.9 Å². The zero-order valence-electron chi connectivity index (χ0n) is 19.9. The molecular formula is C29H22BrNO6. The summed E-state index contributed by atoms with van der Waals surface area (Å²) in [4.78, 5) is 28.7. The van der Waals surface area contributed by atoms with Gasteiger partial charge >= 0.3 is 0 Å². The number of rotatable bonds is 5. The van der Waals surface area contributed by atoms with Gasteiger partial charge in [0.05, 0.1) is 11.6 Å². The molecule has 1 atom stereocenters. The van der Waals surface area contributed by atoms with Crippen LogP contribution in [0.4, 0.5) is 5.69 Å². The molecule has 3 heterocycles. The first kappa shape index (κ1) is 23.4. The molecule has 1 N–H and O–H groups in total. The van der Waals surface area contributed by atoms with Crippen molar-refractivity contribution < 1.29 is 28.6 Å². The highest BCUT2D eigenvalue weighted by Gasteiger charge is 2.45. The van der Waals surface area contributed by atoms with E-state index in [0.29, 0.717) is 41.5 Å². The number of fused-ring (bicyclic) bond motifs is 2. The Labute approximate surface area is 221 Å². The predicted octanol–water partition coefficient (Wildman–Crippen LogP) is 6.31. The molecule has 37 heavy (non-hydrogen) atoms. The van der Waals surface area contributed by atoms with Gasteiger partial charge in [-0.25, -0.2) is 0 Å². The number of aliphatic hydroxyl groups is 1. The first-order valence-electron chi connectivity index (χ1n) is 11.9.